The molecule has 0 amide bonds. The molecule has 1 heterocycles. The van der Waals surface area contributed by atoms with Crippen LogP contribution < -0.4 is 0 Å². The maximum Gasteiger partial charge on any atom is 0.191 e. The van der Waals surface area contributed by atoms with Gasteiger partial charge in [-0.2, -0.15) is 0 Å². The molecule has 8 heteroatoms. The fourth-order valence-electron chi connectivity index (χ4n) is 1.90. The maximum atomic E-state index is 13.6. The standard InChI is InChI=1S/C14H17F2N3O2S/c1-21-6-2-5-19-9-17-18-14(19)22-8-13(20)11-7-10(15)3-4-12(11)16/h3-4,7,9,13,20H,2,5-6,8H2,1H3. The van der Waals surface area contributed by atoms with Crippen LogP contribution in [0.15, 0.2) is 29.7 Å². The minimum atomic E-state index is -1.12. The Morgan fingerprint density at radius 2 is 2.23 bits per heavy atom. The number of aliphatic hydroxyl groups excluding tert-OH is 1. The largest absolute Gasteiger partial charge is 0.387 e. The van der Waals surface area contributed by atoms with Gasteiger partial charge in [-0.1, -0.05) is 11.8 Å². The Balaban J connectivity index is 1.95. The van der Waals surface area contributed by atoms with E-state index in [9.17, 15) is 13.9 Å². The molecule has 0 aliphatic heterocycles. The van der Waals surface area contributed by atoms with E-state index in [0.29, 0.717) is 18.3 Å². The van der Waals surface area contributed by atoms with Gasteiger partial charge in [-0.15, -0.1) is 10.2 Å². The molecule has 120 valence electrons. The molecule has 0 fully saturated rings. The number of rotatable bonds is 8. The molecule has 1 aromatic heterocycles. The number of benzene rings is 1. The summed E-state index contributed by atoms with van der Waals surface area (Å²) in [5.41, 5.74) is -0.0575. The van der Waals surface area contributed by atoms with Crippen molar-refractivity contribution in [3.05, 3.63) is 41.7 Å². The monoisotopic (exact) mass is 329 g/mol. The molecule has 1 aromatic carbocycles. The highest BCUT2D eigenvalue weighted by atomic mass is 32.2. The molecule has 0 radical (unpaired) electrons. The predicted molar refractivity (Wildman–Crippen MR) is 78.6 cm³/mol. The fraction of sp³-hybridized carbons (Fsp3) is 0.429. The first-order chi connectivity index (χ1) is 10.6. The molecule has 2 rings (SSSR count). The third-order valence-electron chi connectivity index (χ3n) is 3.01. The zero-order valence-corrected chi connectivity index (χ0v) is 12.9. The van der Waals surface area contributed by atoms with E-state index in [0.717, 1.165) is 24.6 Å². The van der Waals surface area contributed by atoms with Crippen molar-refractivity contribution < 1.29 is 18.6 Å². The lowest BCUT2D eigenvalue weighted by Crippen LogP contribution is -2.06. The fourth-order valence-corrected chi connectivity index (χ4v) is 2.80. The van der Waals surface area contributed by atoms with Gasteiger partial charge in [0.05, 0.1) is 6.10 Å². The molecule has 1 unspecified atom stereocenters. The van der Waals surface area contributed by atoms with Crippen molar-refractivity contribution in [1.29, 1.82) is 0 Å². The summed E-state index contributed by atoms with van der Waals surface area (Å²) in [6.07, 6.45) is 1.28. The number of halogens is 2. The van der Waals surface area contributed by atoms with Gasteiger partial charge in [-0.05, 0) is 24.6 Å². The van der Waals surface area contributed by atoms with Gasteiger partial charge < -0.3 is 14.4 Å². The highest BCUT2D eigenvalue weighted by Crippen LogP contribution is 2.25. The van der Waals surface area contributed by atoms with Crippen molar-refractivity contribution in [3.63, 3.8) is 0 Å². The molecule has 0 saturated carbocycles. The van der Waals surface area contributed by atoms with E-state index in [1.54, 1.807) is 13.4 Å². The first kappa shape index (κ1) is 16.9. The second-order valence-electron chi connectivity index (χ2n) is 4.65. The number of aromatic nitrogens is 3. The van der Waals surface area contributed by atoms with E-state index in [2.05, 4.69) is 10.2 Å². The van der Waals surface area contributed by atoms with Crippen LogP contribution in [0, 0.1) is 11.6 Å². The second kappa shape index (κ2) is 8.21. The molecular formula is C14H17F2N3O2S. The minimum Gasteiger partial charge on any atom is -0.387 e. The molecule has 2 aromatic rings. The van der Waals surface area contributed by atoms with Gasteiger partial charge in [0.1, 0.15) is 18.0 Å². The summed E-state index contributed by atoms with van der Waals surface area (Å²) in [6.45, 7) is 1.31. The summed E-state index contributed by atoms with van der Waals surface area (Å²) in [5.74, 6) is -1.05. The number of aryl methyl sites for hydroxylation is 1. The summed E-state index contributed by atoms with van der Waals surface area (Å²) in [4.78, 5) is 0. The van der Waals surface area contributed by atoms with Crippen LogP contribution in [-0.4, -0.2) is 39.3 Å². The van der Waals surface area contributed by atoms with E-state index in [1.165, 1.54) is 11.8 Å². The summed E-state index contributed by atoms with van der Waals surface area (Å²) >= 11 is 1.24. The molecule has 5 nitrogen and oxygen atoms in total. The van der Waals surface area contributed by atoms with Gasteiger partial charge in [0.15, 0.2) is 5.16 Å². The lowest BCUT2D eigenvalue weighted by Gasteiger charge is -2.12. The third-order valence-corrected chi connectivity index (χ3v) is 4.07. The van der Waals surface area contributed by atoms with Gasteiger partial charge in [0.25, 0.3) is 0 Å². The summed E-state index contributed by atoms with van der Waals surface area (Å²) in [6, 6.07) is 3.03. The van der Waals surface area contributed by atoms with Gasteiger partial charge in [-0.3, -0.25) is 0 Å². The molecule has 0 spiro atoms. The third kappa shape index (κ3) is 4.49. The van der Waals surface area contributed by atoms with Crippen LogP contribution in [-0.2, 0) is 11.3 Å². The summed E-state index contributed by atoms with van der Waals surface area (Å²) in [5, 5.41) is 18.4. The highest BCUT2D eigenvalue weighted by Gasteiger charge is 2.16. The van der Waals surface area contributed by atoms with Crippen LogP contribution in [0.1, 0.15) is 18.1 Å². The number of thioether (sulfide) groups is 1. The molecule has 0 saturated heterocycles. The number of methoxy groups -OCH3 is 1. The Kier molecular flexibility index (Phi) is 6.29. The van der Waals surface area contributed by atoms with E-state index >= 15 is 0 Å². The van der Waals surface area contributed by atoms with Crippen molar-refractivity contribution in [2.75, 3.05) is 19.5 Å². The Morgan fingerprint density at radius 3 is 3.00 bits per heavy atom. The van der Waals surface area contributed by atoms with E-state index in [4.69, 9.17) is 4.74 Å². The summed E-state index contributed by atoms with van der Waals surface area (Å²) in [7, 11) is 1.63. The lowest BCUT2D eigenvalue weighted by atomic mass is 10.1. The van der Waals surface area contributed by atoms with Gasteiger partial charge >= 0.3 is 0 Å². The number of nitrogens with zero attached hydrogens (tertiary/aromatic N) is 3. The van der Waals surface area contributed by atoms with Crippen LogP contribution in [0.2, 0.25) is 0 Å². The minimum absolute atomic E-state index is 0.0575. The first-order valence-corrected chi connectivity index (χ1v) is 7.73. The van der Waals surface area contributed by atoms with Crippen molar-refractivity contribution in [1.82, 2.24) is 14.8 Å². The van der Waals surface area contributed by atoms with Crippen molar-refractivity contribution >= 4 is 11.8 Å². The van der Waals surface area contributed by atoms with Gasteiger partial charge in [0, 0.05) is 31.6 Å². The zero-order chi connectivity index (χ0) is 15.9. The SMILES string of the molecule is COCCCn1cnnc1SCC(O)c1cc(F)ccc1F. The smallest absolute Gasteiger partial charge is 0.191 e. The van der Waals surface area contributed by atoms with Gasteiger partial charge in [-0.25, -0.2) is 8.78 Å². The average molecular weight is 329 g/mol. The molecule has 0 aliphatic rings. The molecule has 1 atom stereocenters. The molecular weight excluding hydrogens is 312 g/mol. The van der Waals surface area contributed by atoms with Crippen LogP contribution in [0.5, 0.6) is 0 Å². The van der Waals surface area contributed by atoms with Crippen molar-refractivity contribution in [2.45, 2.75) is 24.2 Å². The van der Waals surface area contributed by atoms with E-state index < -0.39 is 17.7 Å². The van der Waals surface area contributed by atoms with Crippen LogP contribution in [0.4, 0.5) is 8.78 Å². The molecule has 22 heavy (non-hydrogen) atoms. The lowest BCUT2D eigenvalue weighted by molar-refractivity contribution is 0.189. The summed E-state index contributed by atoms with van der Waals surface area (Å²) < 4.78 is 33.5. The Labute approximate surface area is 131 Å². The Morgan fingerprint density at radius 1 is 1.41 bits per heavy atom. The maximum absolute atomic E-state index is 13.6. The zero-order valence-electron chi connectivity index (χ0n) is 12.1. The number of aliphatic hydroxyl groups is 1. The van der Waals surface area contributed by atoms with Crippen LogP contribution >= 0.6 is 11.8 Å². The highest BCUT2D eigenvalue weighted by molar-refractivity contribution is 7.99. The molecule has 0 aliphatic carbocycles. The first-order valence-electron chi connectivity index (χ1n) is 6.74. The second-order valence-corrected chi connectivity index (χ2v) is 5.63. The topological polar surface area (TPSA) is 60.2 Å². The quantitative estimate of drug-likeness (QED) is 0.595. The van der Waals surface area contributed by atoms with E-state index in [-0.39, 0.29) is 11.3 Å². The molecule has 1 N–H and O–H groups in total. The van der Waals surface area contributed by atoms with Crippen molar-refractivity contribution in [2.24, 2.45) is 0 Å². The number of ether oxygens (including phenoxy) is 1. The Hall–Kier alpha value is -1.51. The van der Waals surface area contributed by atoms with Crippen LogP contribution in [0.25, 0.3) is 0 Å². The predicted octanol–water partition coefficient (Wildman–Crippen LogP) is 2.42. The normalized spacial score (nSPS) is 12.5. The van der Waals surface area contributed by atoms with E-state index in [1.807, 2.05) is 4.57 Å². The number of hydrogen-bond donors (Lipinski definition) is 1. The van der Waals surface area contributed by atoms with Gasteiger partial charge in [0.2, 0.25) is 0 Å². The average Bonchev–Trinajstić information content (AvgIpc) is 2.95. The van der Waals surface area contributed by atoms with Crippen molar-refractivity contribution in [3.8, 4) is 0 Å². The van der Waals surface area contributed by atoms with Crippen LogP contribution in [0.3, 0.4) is 0 Å². The molecule has 0 bridgehead atoms. The number of hydrogen-bond acceptors (Lipinski definition) is 5. The Bertz CT molecular complexity index is 610.